The van der Waals surface area contributed by atoms with Crippen LogP contribution in [0.2, 0.25) is 5.02 Å². The van der Waals surface area contributed by atoms with Crippen LogP contribution in [0.1, 0.15) is 47.3 Å². The van der Waals surface area contributed by atoms with Crippen molar-refractivity contribution in [2.75, 3.05) is 14.1 Å². The van der Waals surface area contributed by atoms with Crippen molar-refractivity contribution in [3.63, 3.8) is 0 Å². The lowest BCUT2D eigenvalue weighted by atomic mass is 9.58. The summed E-state index contributed by atoms with van der Waals surface area (Å²) in [6, 6.07) is 10.1. The number of phenolic OH excluding ortho intramolecular Hbond substituents is 1. The number of phenols is 1. The molecule has 0 aromatic heterocycles. The van der Waals surface area contributed by atoms with Gasteiger partial charge in [-0.2, -0.15) is 0 Å². The first-order valence-electron chi connectivity index (χ1n) is 13.6. The van der Waals surface area contributed by atoms with E-state index in [2.05, 4.69) is 5.32 Å². The Morgan fingerprint density at radius 3 is 2.40 bits per heavy atom. The van der Waals surface area contributed by atoms with Gasteiger partial charge in [-0.25, -0.2) is 0 Å². The molecule has 3 aliphatic carbocycles. The van der Waals surface area contributed by atoms with Gasteiger partial charge in [0.25, 0.3) is 5.91 Å². The Labute approximate surface area is 248 Å². The number of Topliss-reactive ketones (excluding diaryl/α,β-unsaturated/α-hetero) is 2. The molecule has 222 valence electrons. The van der Waals surface area contributed by atoms with E-state index < -0.39 is 63.6 Å². The van der Waals surface area contributed by atoms with Crippen LogP contribution in [0.15, 0.2) is 59.1 Å². The van der Waals surface area contributed by atoms with E-state index in [0.717, 1.165) is 5.56 Å². The maximum Gasteiger partial charge on any atom is 0.255 e. The van der Waals surface area contributed by atoms with Crippen LogP contribution in [-0.4, -0.2) is 68.5 Å². The lowest BCUT2D eigenvalue weighted by Gasteiger charge is -2.50. The second kappa shape index (κ2) is 10.2. The van der Waals surface area contributed by atoms with Crippen molar-refractivity contribution < 1.29 is 34.8 Å². The molecular weight excluding hydrogens is 562 g/mol. The molecule has 0 saturated heterocycles. The Morgan fingerprint density at radius 1 is 1.17 bits per heavy atom. The molecular formula is C31H34ClN3O7. The SMILES string of the molecule is CN(C)[C@@H]1C(O)=C(C(N)=O)C(=O)[C@@]2(O)C(O)=C3C(=O)c4c(O)cc(CNC(C)(C)c5ccccc5)c(Cl)c4C[C@H]3C[C@@H]12. The lowest BCUT2D eigenvalue weighted by Crippen LogP contribution is -2.63. The normalized spacial score (nSPS) is 25.8. The summed E-state index contributed by atoms with van der Waals surface area (Å²) in [6.45, 7) is 4.31. The summed E-state index contributed by atoms with van der Waals surface area (Å²) in [7, 11) is 3.16. The molecule has 2 aromatic carbocycles. The van der Waals surface area contributed by atoms with Crippen LogP contribution in [-0.2, 0) is 28.1 Å². The average Bonchev–Trinajstić information content (AvgIpc) is 2.92. The number of primary amides is 1. The summed E-state index contributed by atoms with van der Waals surface area (Å²) in [4.78, 5) is 40.9. The number of carbonyl (C=O) groups excluding carboxylic acids is 3. The van der Waals surface area contributed by atoms with Gasteiger partial charge in [0.05, 0.1) is 11.6 Å². The Bertz CT molecular complexity index is 1580. The van der Waals surface area contributed by atoms with Crippen LogP contribution in [0.5, 0.6) is 5.75 Å². The maximum absolute atomic E-state index is 13.8. The third-order valence-corrected chi connectivity index (χ3v) is 9.42. The molecule has 0 aliphatic heterocycles. The van der Waals surface area contributed by atoms with Crippen molar-refractivity contribution in [1.82, 2.24) is 10.2 Å². The molecule has 5 rings (SSSR count). The largest absolute Gasteiger partial charge is 0.510 e. The van der Waals surface area contributed by atoms with Gasteiger partial charge in [-0.05, 0) is 69.5 Å². The smallest absolute Gasteiger partial charge is 0.255 e. The number of ketones is 2. The van der Waals surface area contributed by atoms with Gasteiger partial charge in [0.2, 0.25) is 5.78 Å². The van der Waals surface area contributed by atoms with Crippen LogP contribution in [0.4, 0.5) is 0 Å². The van der Waals surface area contributed by atoms with Gasteiger partial charge in [0, 0.05) is 28.6 Å². The van der Waals surface area contributed by atoms with Gasteiger partial charge < -0.3 is 31.5 Å². The highest BCUT2D eigenvalue weighted by Gasteiger charge is 2.63. The third-order valence-electron chi connectivity index (χ3n) is 8.95. The summed E-state index contributed by atoms with van der Waals surface area (Å²) >= 11 is 6.86. The van der Waals surface area contributed by atoms with Crippen molar-refractivity contribution in [3.8, 4) is 5.75 Å². The number of carbonyl (C=O) groups is 3. The van der Waals surface area contributed by atoms with Crippen molar-refractivity contribution >= 4 is 29.1 Å². The molecule has 0 fully saturated rings. The molecule has 2 aromatic rings. The lowest BCUT2D eigenvalue weighted by molar-refractivity contribution is -0.148. The van der Waals surface area contributed by atoms with Crippen LogP contribution >= 0.6 is 11.6 Å². The van der Waals surface area contributed by atoms with E-state index >= 15 is 0 Å². The number of likely N-dealkylation sites (N-methyl/N-ethyl adjacent to an activating group) is 1. The van der Waals surface area contributed by atoms with Crippen molar-refractivity contribution in [2.24, 2.45) is 17.6 Å². The number of aromatic hydroxyl groups is 1. The minimum Gasteiger partial charge on any atom is -0.510 e. The third kappa shape index (κ3) is 4.32. The Morgan fingerprint density at radius 2 is 1.81 bits per heavy atom. The zero-order chi connectivity index (χ0) is 30.9. The number of nitrogens with zero attached hydrogens (tertiary/aromatic N) is 1. The van der Waals surface area contributed by atoms with Crippen molar-refractivity contribution in [2.45, 2.75) is 50.4 Å². The first-order chi connectivity index (χ1) is 19.6. The number of nitrogens with two attached hydrogens (primary N) is 1. The quantitative estimate of drug-likeness (QED) is 0.274. The van der Waals surface area contributed by atoms with E-state index in [1.807, 2.05) is 44.2 Å². The number of hydrogen-bond donors (Lipinski definition) is 6. The summed E-state index contributed by atoms with van der Waals surface area (Å²) in [5.74, 6) is -6.99. The summed E-state index contributed by atoms with van der Waals surface area (Å²) < 4.78 is 0. The highest BCUT2D eigenvalue weighted by molar-refractivity contribution is 6.33. The second-order valence-corrected chi connectivity index (χ2v) is 12.4. The maximum atomic E-state index is 13.8. The summed E-state index contributed by atoms with van der Waals surface area (Å²) in [5, 5.41) is 48.7. The molecule has 11 heteroatoms. The number of aliphatic hydroxyl groups is 3. The standard InChI is InChI=1S/C31H34ClN3O7/c1-30(2,16-8-6-5-7-9-16)34-13-15-12-19(36)21-17(23(15)32)10-14-11-18-24(35(3)4)26(38)22(29(33)41)28(40)31(18,42)27(39)20(14)25(21)37/h5-9,12,14,18,24,34,36,38-39,42H,10-11,13H2,1-4H3,(H2,33,41)/t14-,18-,24-,31-/m0/s1. The first-order valence-corrected chi connectivity index (χ1v) is 14.0. The number of hydrogen-bond acceptors (Lipinski definition) is 9. The molecule has 0 saturated carbocycles. The van der Waals surface area contributed by atoms with Crippen molar-refractivity contribution in [1.29, 1.82) is 0 Å². The summed E-state index contributed by atoms with van der Waals surface area (Å²) in [5.41, 5.74) is 3.08. The van der Waals surface area contributed by atoms with Crippen LogP contribution in [0.3, 0.4) is 0 Å². The topological polar surface area (TPSA) is 173 Å². The van der Waals surface area contributed by atoms with Gasteiger partial charge >= 0.3 is 0 Å². The van der Waals surface area contributed by atoms with Gasteiger partial charge in [-0.15, -0.1) is 0 Å². The highest BCUT2D eigenvalue weighted by atomic mass is 35.5. The molecule has 0 spiro atoms. The Balaban J connectivity index is 1.57. The highest BCUT2D eigenvalue weighted by Crippen LogP contribution is 2.53. The number of rotatable bonds is 6. The van der Waals surface area contributed by atoms with Crippen molar-refractivity contribution in [3.05, 3.63) is 86.3 Å². The predicted octanol–water partition coefficient (Wildman–Crippen LogP) is 2.80. The zero-order valence-electron chi connectivity index (χ0n) is 23.7. The van der Waals surface area contributed by atoms with Gasteiger partial charge in [-0.1, -0.05) is 41.9 Å². The van der Waals surface area contributed by atoms with Crippen LogP contribution in [0.25, 0.3) is 0 Å². The number of nitrogens with one attached hydrogen (secondary N) is 1. The van der Waals surface area contributed by atoms with E-state index in [0.29, 0.717) is 11.1 Å². The fraction of sp³-hybridized carbons (Fsp3) is 0.387. The van der Waals surface area contributed by atoms with E-state index in [1.165, 1.54) is 11.0 Å². The first kappa shape index (κ1) is 29.8. The van der Waals surface area contributed by atoms with Crippen LogP contribution in [0, 0.1) is 11.8 Å². The molecule has 42 heavy (non-hydrogen) atoms. The molecule has 7 N–H and O–H groups in total. The number of fused-ring (bicyclic) bond motifs is 3. The van der Waals surface area contributed by atoms with E-state index in [9.17, 15) is 34.8 Å². The molecule has 0 bridgehead atoms. The van der Waals surface area contributed by atoms with Gasteiger partial charge in [0.15, 0.2) is 11.4 Å². The molecule has 10 nitrogen and oxygen atoms in total. The van der Waals surface area contributed by atoms with E-state index in [-0.39, 0.29) is 41.3 Å². The van der Waals surface area contributed by atoms with Crippen LogP contribution < -0.4 is 11.1 Å². The predicted molar refractivity (Wildman–Crippen MR) is 155 cm³/mol. The number of allylic oxidation sites excluding steroid dienone is 1. The number of aliphatic hydroxyl groups excluding tert-OH is 2. The molecule has 0 unspecified atom stereocenters. The Hall–Kier alpha value is -3.70. The second-order valence-electron chi connectivity index (χ2n) is 12.0. The molecule has 3 aliphatic rings. The molecule has 4 atom stereocenters. The minimum atomic E-state index is -2.68. The molecule has 0 radical (unpaired) electrons. The number of halogens is 1. The monoisotopic (exact) mass is 595 g/mol. The van der Waals surface area contributed by atoms with E-state index in [4.69, 9.17) is 17.3 Å². The Kier molecular flexibility index (Phi) is 7.26. The zero-order valence-corrected chi connectivity index (χ0v) is 24.5. The number of amides is 1. The van der Waals surface area contributed by atoms with E-state index in [1.54, 1.807) is 14.1 Å². The number of benzene rings is 2. The fourth-order valence-corrected chi connectivity index (χ4v) is 7.05. The molecule has 0 heterocycles. The van der Waals surface area contributed by atoms with Gasteiger partial charge in [-0.3, -0.25) is 19.3 Å². The molecule has 1 amide bonds. The summed E-state index contributed by atoms with van der Waals surface area (Å²) in [6.07, 6.45) is 0.114. The van der Waals surface area contributed by atoms with Gasteiger partial charge in [0.1, 0.15) is 22.8 Å². The minimum absolute atomic E-state index is 0.00757. The fourth-order valence-electron chi connectivity index (χ4n) is 6.76. The average molecular weight is 596 g/mol.